The van der Waals surface area contributed by atoms with Gasteiger partial charge in [0, 0.05) is 37.8 Å². The number of aromatic nitrogens is 2. The molecule has 0 radical (unpaired) electrons. The first-order valence-electron chi connectivity index (χ1n) is 14.8. The maximum atomic E-state index is 14.3. The van der Waals surface area contributed by atoms with E-state index < -0.39 is 12.0 Å². The lowest BCUT2D eigenvalue weighted by Gasteiger charge is -2.40. The van der Waals surface area contributed by atoms with Crippen molar-refractivity contribution in [1.29, 1.82) is 0 Å². The number of carbonyl (C=O) groups is 1. The van der Waals surface area contributed by atoms with Crippen LogP contribution in [0.25, 0.3) is 0 Å². The van der Waals surface area contributed by atoms with E-state index in [1.54, 1.807) is 12.1 Å². The molecular formula is C31H45FN4O3. The SMILES string of the molecule is CCc1nn(CC)c2c1COC21CCN(C[C@H]2C[C@H](N(C)[C@@H](C(=O)O)C(C)C)C[C@@H]2c2cccc(F)c2)CC1. The summed E-state index contributed by atoms with van der Waals surface area (Å²) in [7, 11) is 1.95. The van der Waals surface area contributed by atoms with Crippen molar-refractivity contribution in [3.8, 4) is 0 Å². The fourth-order valence-electron chi connectivity index (χ4n) is 7.74. The van der Waals surface area contributed by atoms with Gasteiger partial charge in [-0.05, 0) is 81.5 Å². The second-order valence-electron chi connectivity index (χ2n) is 12.3. The van der Waals surface area contributed by atoms with Gasteiger partial charge in [-0.25, -0.2) is 4.39 Å². The number of aryl methyl sites for hydroxylation is 2. The summed E-state index contributed by atoms with van der Waals surface area (Å²) >= 11 is 0. The summed E-state index contributed by atoms with van der Waals surface area (Å²) in [5, 5.41) is 14.8. The maximum Gasteiger partial charge on any atom is 0.321 e. The quantitative estimate of drug-likeness (QED) is 0.481. The van der Waals surface area contributed by atoms with Crippen LogP contribution >= 0.6 is 0 Å². The van der Waals surface area contributed by atoms with Gasteiger partial charge in [-0.3, -0.25) is 14.4 Å². The van der Waals surface area contributed by atoms with Crippen LogP contribution in [0, 0.1) is 17.7 Å². The summed E-state index contributed by atoms with van der Waals surface area (Å²) in [6.45, 7) is 12.6. The molecule has 1 aromatic heterocycles. The Labute approximate surface area is 232 Å². The van der Waals surface area contributed by atoms with E-state index in [2.05, 4.69) is 28.3 Å². The Hall–Kier alpha value is -2.29. The number of rotatable bonds is 9. The Morgan fingerprint density at radius 2 is 2.00 bits per heavy atom. The highest BCUT2D eigenvalue weighted by Crippen LogP contribution is 2.47. The first-order chi connectivity index (χ1) is 18.7. The van der Waals surface area contributed by atoms with Crippen molar-refractivity contribution in [2.45, 2.75) is 96.6 Å². The monoisotopic (exact) mass is 540 g/mol. The Bertz CT molecular complexity index is 1170. The van der Waals surface area contributed by atoms with E-state index in [-0.39, 0.29) is 29.3 Å². The van der Waals surface area contributed by atoms with Crippen molar-refractivity contribution in [3.05, 3.63) is 52.6 Å². The number of likely N-dealkylation sites (tertiary alicyclic amines) is 1. The molecule has 5 rings (SSSR count). The van der Waals surface area contributed by atoms with Crippen LogP contribution in [0.1, 0.15) is 81.8 Å². The molecule has 0 unspecified atom stereocenters. The van der Waals surface area contributed by atoms with Crippen LogP contribution in [0.3, 0.4) is 0 Å². The zero-order chi connectivity index (χ0) is 27.9. The van der Waals surface area contributed by atoms with E-state index in [4.69, 9.17) is 9.84 Å². The van der Waals surface area contributed by atoms with Crippen molar-refractivity contribution in [2.75, 3.05) is 26.7 Å². The Morgan fingerprint density at radius 1 is 1.26 bits per heavy atom. The van der Waals surface area contributed by atoms with Gasteiger partial charge in [-0.1, -0.05) is 32.9 Å². The lowest BCUT2D eigenvalue weighted by molar-refractivity contribution is -0.145. The molecule has 3 aliphatic rings. The van der Waals surface area contributed by atoms with Crippen molar-refractivity contribution < 1.29 is 19.0 Å². The first-order valence-corrected chi connectivity index (χ1v) is 14.8. The number of benzene rings is 1. The number of fused-ring (bicyclic) bond motifs is 2. The molecule has 1 N–H and O–H groups in total. The summed E-state index contributed by atoms with van der Waals surface area (Å²) in [4.78, 5) is 16.7. The molecule has 0 amide bonds. The Morgan fingerprint density at radius 3 is 2.62 bits per heavy atom. The molecule has 1 spiro atoms. The maximum absolute atomic E-state index is 14.3. The average Bonchev–Trinajstić information content (AvgIpc) is 3.59. The first kappa shape index (κ1) is 28.2. The number of ether oxygens (including phenoxy) is 1. The molecule has 1 saturated heterocycles. The molecule has 0 bridgehead atoms. The van der Waals surface area contributed by atoms with Crippen molar-refractivity contribution in [1.82, 2.24) is 19.6 Å². The second-order valence-corrected chi connectivity index (χ2v) is 12.3. The third-order valence-corrected chi connectivity index (χ3v) is 9.69. The number of halogens is 1. The second kappa shape index (κ2) is 11.3. The predicted octanol–water partition coefficient (Wildman–Crippen LogP) is 5.03. The number of hydrogen-bond acceptors (Lipinski definition) is 5. The molecule has 2 aromatic rings. The molecule has 1 saturated carbocycles. The van der Waals surface area contributed by atoms with E-state index in [9.17, 15) is 14.3 Å². The minimum absolute atomic E-state index is 0.0125. The normalized spacial score (nSPS) is 25.6. The van der Waals surface area contributed by atoms with Crippen molar-refractivity contribution in [3.63, 3.8) is 0 Å². The minimum Gasteiger partial charge on any atom is -0.480 e. The highest BCUT2D eigenvalue weighted by Gasteiger charge is 2.48. The van der Waals surface area contributed by atoms with Gasteiger partial charge in [-0.2, -0.15) is 5.10 Å². The fourth-order valence-corrected chi connectivity index (χ4v) is 7.74. The molecule has 7 nitrogen and oxygen atoms in total. The molecule has 214 valence electrons. The highest BCUT2D eigenvalue weighted by molar-refractivity contribution is 5.73. The standard InChI is InChI=1S/C31H45FN4O3/c1-6-27-26-19-39-31(29(26)36(7-2)33-27)11-13-35(14-12-31)18-22-16-24(34(5)28(20(3)4)30(37)38)17-25(22)21-9-8-10-23(32)15-21/h8-10,15,20,22,24-25,28H,6-7,11-14,16-19H2,1-5H3,(H,37,38)/t22-,24+,25-,28-/m1/s1. The van der Waals surface area contributed by atoms with Gasteiger partial charge >= 0.3 is 5.97 Å². The molecule has 2 aliphatic heterocycles. The summed E-state index contributed by atoms with van der Waals surface area (Å²) in [5.41, 5.74) is 4.57. The molecule has 4 atom stereocenters. The molecule has 8 heteroatoms. The third kappa shape index (κ3) is 5.27. The van der Waals surface area contributed by atoms with Gasteiger partial charge in [0.15, 0.2) is 0 Å². The van der Waals surface area contributed by atoms with Crippen LogP contribution in [0.15, 0.2) is 24.3 Å². The van der Waals surface area contributed by atoms with Gasteiger partial charge < -0.3 is 14.7 Å². The van der Waals surface area contributed by atoms with Gasteiger partial charge in [0.2, 0.25) is 0 Å². The van der Waals surface area contributed by atoms with Gasteiger partial charge in [0.1, 0.15) is 17.5 Å². The van der Waals surface area contributed by atoms with E-state index in [1.165, 1.54) is 23.0 Å². The van der Waals surface area contributed by atoms with E-state index in [0.29, 0.717) is 12.5 Å². The summed E-state index contributed by atoms with van der Waals surface area (Å²) in [5.74, 6) is -0.426. The molecule has 1 aromatic carbocycles. The number of nitrogens with zero attached hydrogens (tertiary/aromatic N) is 4. The highest BCUT2D eigenvalue weighted by atomic mass is 19.1. The zero-order valence-electron chi connectivity index (χ0n) is 24.2. The van der Waals surface area contributed by atoms with Gasteiger partial charge in [0.25, 0.3) is 0 Å². The number of piperidine rings is 1. The molecular weight excluding hydrogens is 495 g/mol. The molecule has 2 fully saturated rings. The number of carboxylic acid groups (broad SMARTS) is 1. The van der Waals surface area contributed by atoms with E-state index >= 15 is 0 Å². The lowest BCUT2D eigenvalue weighted by atomic mass is 9.85. The van der Waals surface area contributed by atoms with Crippen molar-refractivity contribution in [2.24, 2.45) is 11.8 Å². The van der Waals surface area contributed by atoms with Gasteiger partial charge in [0.05, 0.1) is 18.0 Å². The fraction of sp³-hybridized carbons (Fsp3) is 0.677. The van der Waals surface area contributed by atoms with Crippen LogP contribution in [-0.4, -0.2) is 69.4 Å². The molecule has 39 heavy (non-hydrogen) atoms. The smallest absolute Gasteiger partial charge is 0.321 e. The average molecular weight is 541 g/mol. The number of likely N-dealkylation sites (N-methyl/N-ethyl adjacent to an activating group) is 1. The topological polar surface area (TPSA) is 70.8 Å². The van der Waals surface area contributed by atoms with E-state index in [0.717, 1.165) is 63.8 Å². The number of hydrogen-bond donors (Lipinski definition) is 1. The largest absolute Gasteiger partial charge is 0.480 e. The molecule has 3 heterocycles. The van der Waals surface area contributed by atoms with E-state index in [1.807, 2.05) is 27.0 Å². The Balaban J connectivity index is 1.32. The summed E-state index contributed by atoms with van der Waals surface area (Å²) < 4.78 is 23.0. The predicted molar refractivity (Wildman–Crippen MR) is 149 cm³/mol. The van der Waals surface area contributed by atoms with Crippen LogP contribution in [-0.2, 0) is 34.7 Å². The van der Waals surface area contributed by atoms with Crippen LogP contribution < -0.4 is 0 Å². The minimum atomic E-state index is -0.770. The molecule has 1 aliphatic carbocycles. The Kier molecular flexibility index (Phi) is 8.18. The van der Waals surface area contributed by atoms with Crippen LogP contribution in [0.2, 0.25) is 0 Å². The summed E-state index contributed by atoms with van der Waals surface area (Å²) in [6.07, 6.45) is 4.59. The van der Waals surface area contributed by atoms with Gasteiger partial charge in [-0.15, -0.1) is 0 Å². The summed E-state index contributed by atoms with van der Waals surface area (Å²) in [6, 6.07) is 6.64. The zero-order valence-corrected chi connectivity index (χ0v) is 24.2. The third-order valence-electron chi connectivity index (χ3n) is 9.69. The van der Waals surface area contributed by atoms with Crippen LogP contribution in [0.4, 0.5) is 4.39 Å². The number of carboxylic acids is 1. The number of aliphatic carboxylic acids is 1. The van der Waals surface area contributed by atoms with Crippen molar-refractivity contribution >= 4 is 5.97 Å². The lowest BCUT2D eigenvalue weighted by Crippen LogP contribution is -2.47. The van der Waals surface area contributed by atoms with Crippen LogP contribution in [0.5, 0.6) is 0 Å².